The van der Waals surface area contributed by atoms with Crippen molar-refractivity contribution >= 4 is 52.2 Å². The number of rotatable bonds is 15. The average molecular weight is 784 g/mol. The number of anilines is 3. The number of benzene rings is 1. The molecule has 0 aliphatic carbocycles. The predicted octanol–water partition coefficient (Wildman–Crippen LogP) is 5.61. The van der Waals surface area contributed by atoms with Crippen LogP contribution in [0.5, 0.6) is 0 Å². The van der Waals surface area contributed by atoms with Crippen LogP contribution in [0.1, 0.15) is 84.0 Å². The number of hydrazone groups is 1. The third-order valence-corrected chi connectivity index (χ3v) is 10.1. The molecule has 0 spiro atoms. The van der Waals surface area contributed by atoms with E-state index >= 15 is 0 Å². The molecule has 0 bridgehead atoms. The molecule has 57 heavy (non-hydrogen) atoms. The molecule has 0 radical (unpaired) electrons. The molecule has 4 amide bonds. The maximum Gasteiger partial charge on any atom is 0.254 e. The summed E-state index contributed by atoms with van der Waals surface area (Å²) in [5, 5.41) is 10.0. The first-order chi connectivity index (χ1) is 27.5. The van der Waals surface area contributed by atoms with Crippen molar-refractivity contribution < 1.29 is 23.9 Å². The number of carbonyl (C=O) groups excluding carboxylic acids is 4. The number of dihydropyridines is 1. The van der Waals surface area contributed by atoms with E-state index < -0.39 is 17.7 Å². The fourth-order valence-electron chi connectivity index (χ4n) is 7.09. The molecule has 2 fully saturated rings. The van der Waals surface area contributed by atoms with E-state index in [1.54, 1.807) is 33.0 Å². The van der Waals surface area contributed by atoms with E-state index in [1.807, 2.05) is 45.0 Å². The molecule has 1 unspecified atom stereocenters. The zero-order valence-electron chi connectivity index (χ0n) is 34.8. The lowest BCUT2D eigenvalue weighted by Crippen LogP contribution is -2.44. The van der Waals surface area contributed by atoms with E-state index in [0.29, 0.717) is 55.2 Å². The number of nitrogens with zero attached hydrogens (tertiary/aromatic N) is 6. The molecule has 5 rings (SSSR count). The molecule has 1 atom stereocenters. The van der Waals surface area contributed by atoms with Crippen molar-refractivity contribution in [2.45, 2.75) is 79.7 Å². The van der Waals surface area contributed by atoms with Crippen LogP contribution < -0.4 is 25.9 Å². The third kappa shape index (κ3) is 12.4. The first kappa shape index (κ1) is 44.5. The van der Waals surface area contributed by atoms with Crippen LogP contribution in [0.3, 0.4) is 0 Å². The maximum absolute atomic E-state index is 14.5. The highest BCUT2D eigenvalue weighted by Gasteiger charge is 2.31. The van der Waals surface area contributed by atoms with Gasteiger partial charge in [0.05, 0.1) is 22.9 Å². The Morgan fingerprint density at radius 3 is 2.42 bits per heavy atom. The number of aliphatic imine (C=N–C) groups is 1. The highest BCUT2D eigenvalue weighted by Crippen LogP contribution is 2.38. The molecule has 4 heterocycles. The number of aromatic nitrogens is 1. The van der Waals surface area contributed by atoms with E-state index in [4.69, 9.17) is 9.72 Å². The standard InChI is InChI=1S/C41H55N9O5.C2H6/c1-7-9-29-22-28(5)44-41(54)34(29)26-43-40(53)33-23-31(30-10-11-36(42-25-30)49-18-16-48(6)17-19-49)24-35(39(33)45-37(51)8-2)50(32-13-20-55-21-14-32)15-12-38(52)47-46-27(3)4;1-2/h8,10-11,22-25,32,34H,2,7,9,12-21,26H2,1,3-6H3,(H,43,53)(H,45,51)(H,47,52);1-2H3. The second kappa shape index (κ2) is 21.9. The van der Waals surface area contributed by atoms with Crippen LogP contribution in [-0.2, 0) is 19.1 Å². The lowest BCUT2D eigenvalue weighted by atomic mass is 9.91. The Kier molecular flexibility index (Phi) is 17.1. The first-order valence-electron chi connectivity index (χ1n) is 20.2. The summed E-state index contributed by atoms with van der Waals surface area (Å²) >= 11 is 0. The number of nitrogens with one attached hydrogen (secondary N) is 3. The quantitative estimate of drug-likeness (QED) is 0.119. The van der Waals surface area contributed by atoms with Gasteiger partial charge in [-0.3, -0.25) is 19.2 Å². The SMILES string of the molecule is C=CC(=O)Nc1c(C(=O)NCC2C(=O)N=C(C)C=C2CCC)cc(-c2ccc(N3CCN(C)CC3)nc2)cc1N(CCC(=O)NN=C(C)C)C1CCOCC1.CC. The van der Waals surface area contributed by atoms with Crippen molar-refractivity contribution in [2.24, 2.45) is 16.0 Å². The van der Waals surface area contributed by atoms with Crippen LogP contribution in [-0.4, -0.2) is 111 Å². The molecule has 14 heteroatoms. The summed E-state index contributed by atoms with van der Waals surface area (Å²) < 4.78 is 5.71. The molecule has 3 aliphatic rings. The minimum absolute atomic E-state index is 0.0389. The molecule has 2 aromatic rings. The van der Waals surface area contributed by atoms with Gasteiger partial charge in [-0.05, 0) is 89.1 Å². The largest absolute Gasteiger partial charge is 0.381 e. The van der Waals surface area contributed by atoms with Crippen molar-refractivity contribution in [3.8, 4) is 11.1 Å². The number of carbonyl (C=O) groups is 4. The molecule has 0 saturated carbocycles. The average Bonchev–Trinajstić information content (AvgIpc) is 3.21. The fraction of sp³-hybridized carbons (Fsp3) is 0.512. The van der Waals surface area contributed by atoms with Gasteiger partial charge in [-0.2, -0.15) is 5.10 Å². The summed E-state index contributed by atoms with van der Waals surface area (Å²) in [5.74, 6) is -1.26. The Bertz CT molecular complexity index is 1820. The number of allylic oxidation sites excluding steroid dienone is 1. The van der Waals surface area contributed by atoms with Crippen molar-refractivity contribution in [1.29, 1.82) is 0 Å². The van der Waals surface area contributed by atoms with Gasteiger partial charge < -0.3 is 30.1 Å². The lowest BCUT2D eigenvalue weighted by Gasteiger charge is -2.38. The summed E-state index contributed by atoms with van der Waals surface area (Å²) in [6.07, 6.45) is 7.87. The number of amides is 4. The van der Waals surface area contributed by atoms with Crippen LogP contribution in [0, 0.1) is 5.92 Å². The Morgan fingerprint density at radius 2 is 1.79 bits per heavy atom. The highest BCUT2D eigenvalue weighted by atomic mass is 16.5. The topological polar surface area (TPSA) is 161 Å². The van der Waals surface area contributed by atoms with Gasteiger partial charge in [0, 0.05) is 88.1 Å². The van der Waals surface area contributed by atoms with Crippen LogP contribution in [0.15, 0.2) is 64.9 Å². The van der Waals surface area contributed by atoms with Crippen molar-refractivity contribution in [3.05, 3.63) is 60.3 Å². The van der Waals surface area contributed by atoms with Crippen LogP contribution in [0.25, 0.3) is 11.1 Å². The van der Waals surface area contributed by atoms with E-state index in [1.165, 1.54) is 0 Å². The summed E-state index contributed by atoms with van der Waals surface area (Å²) in [6, 6.07) is 7.59. The van der Waals surface area contributed by atoms with Gasteiger partial charge >= 0.3 is 0 Å². The Morgan fingerprint density at radius 1 is 1.07 bits per heavy atom. The second-order valence-corrected chi connectivity index (χ2v) is 14.5. The van der Waals surface area contributed by atoms with Crippen LogP contribution in [0.4, 0.5) is 17.2 Å². The summed E-state index contributed by atoms with van der Waals surface area (Å²) in [4.78, 5) is 69.3. The van der Waals surface area contributed by atoms with E-state index in [9.17, 15) is 19.2 Å². The number of hydrogen-bond donors (Lipinski definition) is 3. The fourth-order valence-corrected chi connectivity index (χ4v) is 7.09. The summed E-state index contributed by atoms with van der Waals surface area (Å²) in [7, 11) is 2.11. The molecule has 3 aliphatic heterocycles. The van der Waals surface area contributed by atoms with Gasteiger partial charge in [0.25, 0.3) is 11.8 Å². The van der Waals surface area contributed by atoms with Gasteiger partial charge in [0.15, 0.2) is 0 Å². The number of pyridine rings is 1. The van der Waals surface area contributed by atoms with Gasteiger partial charge in [-0.1, -0.05) is 39.3 Å². The zero-order chi connectivity index (χ0) is 41.5. The zero-order valence-corrected chi connectivity index (χ0v) is 34.8. The summed E-state index contributed by atoms with van der Waals surface area (Å²) in [6.45, 7) is 20.1. The van der Waals surface area contributed by atoms with Crippen molar-refractivity contribution in [3.63, 3.8) is 0 Å². The minimum Gasteiger partial charge on any atom is -0.381 e. The molecule has 1 aromatic carbocycles. The summed E-state index contributed by atoms with van der Waals surface area (Å²) in [5.41, 5.74) is 7.40. The first-order valence-corrected chi connectivity index (χ1v) is 20.2. The normalized spacial score (nSPS) is 17.3. The minimum atomic E-state index is -0.598. The van der Waals surface area contributed by atoms with Crippen LogP contribution in [0.2, 0.25) is 0 Å². The van der Waals surface area contributed by atoms with E-state index in [-0.39, 0.29) is 48.6 Å². The molecule has 14 nitrogen and oxygen atoms in total. The number of ether oxygens (including phenoxy) is 1. The van der Waals surface area contributed by atoms with E-state index in [2.05, 4.69) is 54.5 Å². The Balaban J connectivity index is 0.00000354. The Labute approximate surface area is 337 Å². The number of piperazine rings is 1. The lowest BCUT2D eigenvalue weighted by molar-refractivity contribution is -0.121. The molecule has 1 aromatic heterocycles. The molecular formula is C43H61N9O5. The maximum atomic E-state index is 14.5. The molecule has 308 valence electrons. The van der Waals surface area contributed by atoms with E-state index in [0.717, 1.165) is 55.6 Å². The van der Waals surface area contributed by atoms with Crippen molar-refractivity contribution in [2.75, 3.05) is 74.6 Å². The third-order valence-electron chi connectivity index (χ3n) is 10.1. The smallest absolute Gasteiger partial charge is 0.254 e. The predicted molar refractivity (Wildman–Crippen MR) is 229 cm³/mol. The highest BCUT2D eigenvalue weighted by molar-refractivity contribution is 6.11. The molecule has 2 saturated heterocycles. The van der Waals surface area contributed by atoms with Gasteiger partial charge in [-0.25, -0.2) is 15.4 Å². The monoisotopic (exact) mass is 783 g/mol. The Hall–Kier alpha value is -5.21. The second-order valence-electron chi connectivity index (χ2n) is 14.5. The van der Waals surface area contributed by atoms with Gasteiger partial charge in [-0.15, -0.1) is 0 Å². The van der Waals surface area contributed by atoms with Gasteiger partial charge in [0.1, 0.15) is 5.82 Å². The molecule has 3 N–H and O–H groups in total. The van der Waals surface area contributed by atoms with Crippen LogP contribution >= 0.6 is 0 Å². The molecular weight excluding hydrogens is 723 g/mol. The van der Waals surface area contributed by atoms with Crippen molar-refractivity contribution in [1.82, 2.24) is 20.6 Å². The number of hydrogen-bond acceptors (Lipinski definition) is 10. The number of likely N-dealkylation sites (N-methyl/N-ethyl adjacent to an activating group) is 1. The van der Waals surface area contributed by atoms with Gasteiger partial charge in [0.2, 0.25) is 11.8 Å².